The van der Waals surface area contributed by atoms with Crippen molar-refractivity contribution >= 4 is 35.4 Å². The van der Waals surface area contributed by atoms with Gasteiger partial charge in [0.1, 0.15) is 41.5 Å². The van der Waals surface area contributed by atoms with E-state index >= 15 is 0 Å². The molecule has 2 amide bonds. The molecule has 0 spiro atoms. The fourth-order valence-electron chi connectivity index (χ4n) is 6.02. The molecule has 0 aromatic heterocycles. The molecule has 3 fully saturated rings. The predicted octanol–water partition coefficient (Wildman–Crippen LogP) is 1.46. The molecule has 3 aliphatic heterocycles. The van der Waals surface area contributed by atoms with Crippen LogP contribution in [0.15, 0.2) is 0 Å². The molecule has 3 heterocycles. The summed E-state index contributed by atoms with van der Waals surface area (Å²) in [6.45, 7) is 11.0. The SMILES string of the molecule is CSC1O[C@H]([C@H](NC(=O)[C@@H]2[C@@H]3OCC[C@@H](CC(C)(C)O)C[C@H]3CN2C(=O)OC(C)(C)C)[C@H](C)Cl)[C@@H](O)C(O)[C@H]1O. The lowest BCUT2D eigenvalue weighted by molar-refractivity contribution is -0.205. The number of rotatable bonds is 7. The summed E-state index contributed by atoms with van der Waals surface area (Å²) in [6.07, 6.45) is -3.08. The smallest absolute Gasteiger partial charge is 0.411 e. The van der Waals surface area contributed by atoms with Crippen molar-refractivity contribution in [2.75, 3.05) is 19.4 Å². The van der Waals surface area contributed by atoms with Crippen molar-refractivity contribution in [3.63, 3.8) is 0 Å². The highest BCUT2D eigenvalue weighted by molar-refractivity contribution is 7.99. The van der Waals surface area contributed by atoms with E-state index in [1.54, 1.807) is 47.8 Å². The molecule has 3 rings (SSSR count). The van der Waals surface area contributed by atoms with E-state index in [0.717, 1.165) is 18.2 Å². The van der Waals surface area contributed by atoms with E-state index in [2.05, 4.69) is 5.32 Å². The highest BCUT2D eigenvalue weighted by Gasteiger charge is 2.53. The van der Waals surface area contributed by atoms with Gasteiger partial charge in [0.15, 0.2) is 0 Å². The van der Waals surface area contributed by atoms with Crippen LogP contribution in [-0.4, -0.2) is 121 Å². The number of alkyl halides is 1. The van der Waals surface area contributed by atoms with Crippen LogP contribution < -0.4 is 5.32 Å². The predicted molar refractivity (Wildman–Crippen MR) is 151 cm³/mol. The zero-order valence-corrected chi connectivity index (χ0v) is 26.0. The van der Waals surface area contributed by atoms with Crippen molar-refractivity contribution in [2.45, 2.75) is 125 Å². The minimum Gasteiger partial charge on any atom is -0.444 e. The molecular weight excluding hydrogens is 564 g/mol. The van der Waals surface area contributed by atoms with Crippen molar-refractivity contribution < 1.29 is 44.2 Å². The summed E-state index contributed by atoms with van der Waals surface area (Å²) in [7, 11) is 0. The van der Waals surface area contributed by atoms with Gasteiger partial charge in [-0.2, -0.15) is 0 Å². The second kappa shape index (κ2) is 13.2. The van der Waals surface area contributed by atoms with Crippen LogP contribution in [0.1, 0.15) is 60.8 Å². The highest BCUT2D eigenvalue weighted by atomic mass is 35.5. The Morgan fingerprint density at radius 1 is 1.15 bits per heavy atom. The Labute approximate surface area is 246 Å². The number of nitrogens with zero attached hydrogens (tertiary/aromatic N) is 1. The Bertz CT molecular complexity index is 881. The Morgan fingerprint density at radius 3 is 2.35 bits per heavy atom. The average Bonchev–Trinajstić information content (AvgIpc) is 3.06. The number of likely N-dealkylation sites (tertiary alicyclic amines) is 1. The molecule has 0 aliphatic carbocycles. The van der Waals surface area contributed by atoms with Crippen LogP contribution >= 0.6 is 23.4 Å². The Morgan fingerprint density at radius 2 is 1.80 bits per heavy atom. The maximum Gasteiger partial charge on any atom is 0.411 e. The topological polar surface area (TPSA) is 158 Å². The fourth-order valence-corrected chi connectivity index (χ4v) is 6.91. The van der Waals surface area contributed by atoms with E-state index in [4.69, 9.17) is 25.8 Å². The quantitative estimate of drug-likeness (QED) is 0.267. The zero-order chi connectivity index (χ0) is 30.2. The molecule has 40 heavy (non-hydrogen) atoms. The number of halogens is 1. The molecule has 13 heteroatoms. The number of thioether (sulfide) groups is 1. The first kappa shape index (κ1) is 33.6. The largest absolute Gasteiger partial charge is 0.444 e. The number of amides is 2. The van der Waals surface area contributed by atoms with E-state index in [-0.39, 0.29) is 18.4 Å². The van der Waals surface area contributed by atoms with Gasteiger partial charge in [-0.25, -0.2) is 4.79 Å². The lowest BCUT2D eigenvalue weighted by Gasteiger charge is -2.44. The van der Waals surface area contributed by atoms with E-state index < -0.39 is 76.6 Å². The van der Waals surface area contributed by atoms with Crippen LogP contribution in [0, 0.1) is 11.8 Å². The number of carbonyl (C=O) groups excluding carboxylic acids is 2. The van der Waals surface area contributed by atoms with Gasteiger partial charge < -0.3 is 40.0 Å². The van der Waals surface area contributed by atoms with Gasteiger partial charge in [0.2, 0.25) is 5.91 Å². The number of hydrogen-bond donors (Lipinski definition) is 5. The first-order valence-corrected chi connectivity index (χ1v) is 15.7. The molecule has 11 atom stereocenters. The van der Waals surface area contributed by atoms with Crippen LogP contribution in [-0.2, 0) is 19.0 Å². The van der Waals surface area contributed by atoms with E-state index in [1.807, 2.05) is 0 Å². The van der Waals surface area contributed by atoms with Gasteiger partial charge in [-0.15, -0.1) is 23.4 Å². The molecule has 11 nitrogen and oxygen atoms in total. The van der Waals surface area contributed by atoms with Crippen molar-refractivity contribution in [3.05, 3.63) is 0 Å². The molecule has 5 N–H and O–H groups in total. The van der Waals surface area contributed by atoms with Crippen LogP contribution in [0.2, 0.25) is 0 Å². The lowest BCUT2D eigenvalue weighted by Crippen LogP contribution is -2.65. The summed E-state index contributed by atoms with van der Waals surface area (Å²) >= 11 is 7.64. The van der Waals surface area contributed by atoms with Gasteiger partial charge in [-0.3, -0.25) is 9.69 Å². The van der Waals surface area contributed by atoms with Gasteiger partial charge in [0.05, 0.1) is 23.1 Å². The van der Waals surface area contributed by atoms with Crippen molar-refractivity contribution in [3.8, 4) is 0 Å². The molecule has 232 valence electrons. The fraction of sp³-hybridized carbons (Fsp3) is 0.926. The molecule has 0 saturated carbocycles. The number of fused-ring (bicyclic) bond motifs is 1. The number of carbonyl (C=O) groups is 2. The molecular formula is C27H47ClN2O9S. The summed E-state index contributed by atoms with van der Waals surface area (Å²) < 4.78 is 17.7. The molecule has 0 aromatic carbocycles. The second-order valence-electron chi connectivity index (χ2n) is 13.0. The van der Waals surface area contributed by atoms with E-state index in [0.29, 0.717) is 19.4 Å². The standard InChI is InChI=1S/C27H47ClN2O9S/c1-13(28)16(22-19(32)18(31)20(33)24(38-22)40-7)29-23(34)17-21-15(12-30(17)25(35)39-26(2,3)4)10-14(8-9-37-21)11-27(5,6)36/h13-22,24,31-33,36H,8-12H2,1-7H3,(H,29,34)/t13-,14+,15-,16+,17-,18?,19-,20+,21+,22+,24?/m0/s1. The number of hydrogen-bond acceptors (Lipinski definition) is 10. The lowest BCUT2D eigenvalue weighted by atomic mass is 9.83. The van der Waals surface area contributed by atoms with Gasteiger partial charge in [-0.1, -0.05) is 0 Å². The first-order chi connectivity index (χ1) is 18.4. The van der Waals surface area contributed by atoms with Crippen molar-refractivity contribution in [2.24, 2.45) is 11.8 Å². The third-order valence-electron chi connectivity index (χ3n) is 7.70. The van der Waals surface area contributed by atoms with Crippen molar-refractivity contribution in [1.82, 2.24) is 10.2 Å². The minimum atomic E-state index is -1.51. The van der Waals surface area contributed by atoms with Crippen molar-refractivity contribution in [1.29, 1.82) is 0 Å². The maximum atomic E-state index is 14.0. The minimum absolute atomic E-state index is 0.148. The molecule has 0 radical (unpaired) electrons. The number of aliphatic hydroxyl groups is 4. The Kier molecular flexibility index (Phi) is 11.1. The maximum absolute atomic E-state index is 14.0. The highest BCUT2D eigenvalue weighted by Crippen LogP contribution is 2.39. The van der Waals surface area contributed by atoms with Gasteiger partial charge in [0.25, 0.3) is 0 Å². The monoisotopic (exact) mass is 610 g/mol. The van der Waals surface area contributed by atoms with Crippen LogP contribution in [0.25, 0.3) is 0 Å². The third-order valence-corrected chi connectivity index (χ3v) is 8.82. The van der Waals surface area contributed by atoms with Crippen LogP contribution in [0.3, 0.4) is 0 Å². The molecule has 0 aromatic rings. The second-order valence-corrected chi connectivity index (χ2v) is 14.6. The molecule has 3 saturated heterocycles. The van der Waals surface area contributed by atoms with E-state index in [1.165, 1.54) is 4.90 Å². The van der Waals surface area contributed by atoms with Gasteiger partial charge >= 0.3 is 6.09 Å². The molecule has 2 unspecified atom stereocenters. The Hall–Kier alpha value is -0.860. The molecule has 3 aliphatic rings. The summed E-state index contributed by atoms with van der Waals surface area (Å²) in [4.78, 5) is 28.7. The summed E-state index contributed by atoms with van der Waals surface area (Å²) in [5, 5.41) is 44.0. The number of aliphatic hydroxyl groups excluding tert-OH is 3. The number of ether oxygens (including phenoxy) is 3. The summed E-state index contributed by atoms with van der Waals surface area (Å²) in [5.41, 5.74) is -2.49. The van der Waals surface area contributed by atoms with E-state index in [9.17, 15) is 30.0 Å². The van der Waals surface area contributed by atoms with Gasteiger partial charge in [-0.05, 0) is 73.0 Å². The van der Waals surface area contributed by atoms with Gasteiger partial charge in [0, 0.05) is 19.1 Å². The summed E-state index contributed by atoms with van der Waals surface area (Å²) in [5.74, 6) is -0.566. The third kappa shape index (κ3) is 8.15. The summed E-state index contributed by atoms with van der Waals surface area (Å²) in [6, 6.07) is -2.00. The number of nitrogens with one attached hydrogen (secondary N) is 1. The van der Waals surface area contributed by atoms with Crippen LogP contribution in [0.5, 0.6) is 0 Å². The average molecular weight is 611 g/mol. The zero-order valence-electron chi connectivity index (χ0n) is 24.4. The molecule has 0 bridgehead atoms. The normalized spacial score (nSPS) is 36.8. The van der Waals surface area contributed by atoms with Crippen LogP contribution in [0.4, 0.5) is 4.79 Å². The first-order valence-electron chi connectivity index (χ1n) is 13.9. The Balaban J connectivity index is 1.88.